The van der Waals surface area contributed by atoms with Crippen molar-refractivity contribution in [3.8, 4) is 5.75 Å². The molecule has 0 saturated carbocycles. The standard InChI is InChI=1S/C18H23NO/c1-4-11-20-17-9-6-8-16(12-17)13-19-18-10-5-7-14(2)15(18)3/h5-10,12,19H,4,11,13H2,1-3H3. The predicted octanol–water partition coefficient (Wildman–Crippen LogP) is 4.70. The summed E-state index contributed by atoms with van der Waals surface area (Å²) in [7, 11) is 0. The van der Waals surface area contributed by atoms with E-state index in [1.54, 1.807) is 0 Å². The van der Waals surface area contributed by atoms with Gasteiger partial charge in [-0.15, -0.1) is 0 Å². The van der Waals surface area contributed by atoms with E-state index < -0.39 is 0 Å². The number of hydrogen-bond acceptors (Lipinski definition) is 2. The summed E-state index contributed by atoms with van der Waals surface area (Å²) < 4.78 is 5.66. The molecule has 1 N–H and O–H groups in total. The van der Waals surface area contributed by atoms with Crippen LogP contribution in [-0.2, 0) is 6.54 Å². The Bertz CT molecular complexity index is 563. The maximum atomic E-state index is 5.66. The topological polar surface area (TPSA) is 21.3 Å². The minimum Gasteiger partial charge on any atom is -0.494 e. The smallest absolute Gasteiger partial charge is 0.119 e. The number of nitrogens with one attached hydrogen (secondary N) is 1. The fourth-order valence-corrected chi connectivity index (χ4v) is 2.11. The molecule has 0 fully saturated rings. The first-order valence-electron chi connectivity index (χ1n) is 7.22. The second kappa shape index (κ2) is 6.99. The Morgan fingerprint density at radius 2 is 1.85 bits per heavy atom. The van der Waals surface area contributed by atoms with Gasteiger partial charge in [0.15, 0.2) is 0 Å². The number of hydrogen-bond donors (Lipinski definition) is 1. The van der Waals surface area contributed by atoms with Gasteiger partial charge < -0.3 is 10.1 Å². The number of ether oxygens (including phenoxy) is 1. The van der Waals surface area contributed by atoms with Crippen molar-refractivity contribution in [2.45, 2.75) is 33.7 Å². The van der Waals surface area contributed by atoms with E-state index in [2.05, 4.69) is 56.4 Å². The van der Waals surface area contributed by atoms with Gasteiger partial charge >= 0.3 is 0 Å². The minimum absolute atomic E-state index is 0.772. The van der Waals surface area contributed by atoms with Crippen molar-refractivity contribution in [1.29, 1.82) is 0 Å². The molecule has 0 unspecified atom stereocenters. The van der Waals surface area contributed by atoms with E-state index in [4.69, 9.17) is 4.74 Å². The zero-order valence-electron chi connectivity index (χ0n) is 12.6. The molecule has 2 heteroatoms. The highest BCUT2D eigenvalue weighted by atomic mass is 16.5. The number of rotatable bonds is 6. The van der Waals surface area contributed by atoms with Gasteiger partial charge in [-0.1, -0.05) is 31.2 Å². The van der Waals surface area contributed by atoms with Crippen LogP contribution in [0.5, 0.6) is 5.75 Å². The first-order valence-corrected chi connectivity index (χ1v) is 7.22. The average molecular weight is 269 g/mol. The van der Waals surface area contributed by atoms with Gasteiger partial charge in [0.05, 0.1) is 6.61 Å². The van der Waals surface area contributed by atoms with Gasteiger partial charge in [-0.05, 0) is 55.2 Å². The summed E-state index contributed by atoms with van der Waals surface area (Å²) >= 11 is 0. The molecule has 2 aromatic carbocycles. The summed E-state index contributed by atoms with van der Waals surface area (Å²) in [6.07, 6.45) is 1.03. The van der Waals surface area contributed by atoms with Crippen molar-refractivity contribution in [3.05, 3.63) is 59.2 Å². The highest BCUT2D eigenvalue weighted by Crippen LogP contribution is 2.20. The summed E-state index contributed by atoms with van der Waals surface area (Å²) in [6.45, 7) is 7.99. The Morgan fingerprint density at radius 1 is 1.05 bits per heavy atom. The molecule has 0 spiro atoms. The normalized spacial score (nSPS) is 10.3. The van der Waals surface area contributed by atoms with Crippen molar-refractivity contribution < 1.29 is 4.74 Å². The Morgan fingerprint density at radius 3 is 2.65 bits per heavy atom. The lowest BCUT2D eigenvalue weighted by atomic mass is 10.1. The maximum Gasteiger partial charge on any atom is 0.119 e. The molecule has 2 rings (SSSR count). The quantitative estimate of drug-likeness (QED) is 0.820. The minimum atomic E-state index is 0.772. The molecule has 20 heavy (non-hydrogen) atoms. The summed E-state index contributed by atoms with van der Waals surface area (Å²) in [6, 6.07) is 14.6. The molecule has 0 aliphatic heterocycles. The Kier molecular flexibility index (Phi) is 5.05. The second-order valence-electron chi connectivity index (χ2n) is 5.10. The first kappa shape index (κ1) is 14.4. The zero-order chi connectivity index (χ0) is 14.4. The van der Waals surface area contributed by atoms with Crippen molar-refractivity contribution in [3.63, 3.8) is 0 Å². The van der Waals surface area contributed by atoms with E-state index in [-0.39, 0.29) is 0 Å². The third-order valence-electron chi connectivity index (χ3n) is 3.46. The van der Waals surface area contributed by atoms with E-state index in [1.165, 1.54) is 22.4 Å². The van der Waals surface area contributed by atoms with Crippen LogP contribution in [0.25, 0.3) is 0 Å². The van der Waals surface area contributed by atoms with Gasteiger partial charge in [0.2, 0.25) is 0 Å². The van der Waals surface area contributed by atoms with Crippen LogP contribution in [0.2, 0.25) is 0 Å². The lowest BCUT2D eigenvalue weighted by Gasteiger charge is -2.12. The summed E-state index contributed by atoms with van der Waals surface area (Å²) in [5.41, 5.74) is 5.06. The van der Waals surface area contributed by atoms with Gasteiger partial charge in [0, 0.05) is 12.2 Å². The number of benzene rings is 2. The third kappa shape index (κ3) is 3.77. The van der Waals surface area contributed by atoms with Crippen LogP contribution >= 0.6 is 0 Å². The van der Waals surface area contributed by atoms with E-state index in [9.17, 15) is 0 Å². The molecule has 0 aliphatic rings. The van der Waals surface area contributed by atoms with Crippen LogP contribution in [0.15, 0.2) is 42.5 Å². The van der Waals surface area contributed by atoms with E-state index in [0.717, 1.165) is 25.3 Å². The summed E-state index contributed by atoms with van der Waals surface area (Å²) in [5.74, 6) is 0.951. The van der Waals surface area contributed by atoms with Crippen LogP contribution in [0.1, 0.15) is 30.0 Å². The fraction of sp³-hybridized carbons (Fsp3) is 0.333. The predicted molar refractivity (Wildman–Crippen MR) is 85.5 cm³/mol. The molecular formula is C18H23NO. The molecule has 0 bridgehead atoms. The lowest BCUT2D eigenvalue weighted by molar-refractivity contribution is 0.317. The van der Waals surface area contributed by atoms with Crippen LogP contribution in [-0.4, -0.2) is 6.61 Å². The SMILES string of the molecule is CCCOc1cccc(CNc2cccc(C)c2C)c1. The molecule has 0 aromatic heterocycles. The Labute approximate surface area is 121 Å². The summed E-state index contributed by atoms with van der Waals surface area (Å²) in [5, 5.41) is 3.50. The molecule has 2 nitrogen and oxygen atoms in total. The van der Waals surface area contributed by atoms with Gasteiger partial charge in [0.1, 0.15) is 5.75 Å². The monoisotopic (exact) mass is 269 g/mol. The van der Waals surface area contributed by atoms with Gasteiger partial charge in [-0.2, -0.15) is 0 Å². The second-order valence-corrected chi connectivity index (χ2v) is 5.10. The molecule has 2 aromatic rings. The Balaban J connectivity index is 2.01. The number of anilines is 1. The van der Waals surface area contributed by atoms with Crippen LogP contribution < -0.4 is 10.1 Å². The molecule has 0 radical (unpaired) electrons. The lowest BCUT2D eigenvalue weighted by Crippen LogP contribution is -2.02. The van der Waals surface area contributed by atoms with E-state index >= 15 is 0 Å². The molecule has 106 valence electrons. The number of aryl methyl sites for hydroxylation is 1. The first-order chi connectivity index (χ1) is 9.70. The molecular weight excluding hydrogens is 246 g/mol. The molecule has 0 aliphatic carbocycles. The summed E-state index contributed by atoms with van der Waals surface area (Å²) in [4.78, 5) is 0. The highest BCUT2D eigenvalue weighted by molar-refractivity contribution is 5.54. The van der Waals surface area contributed by atoms with Crippen LogP contribution in [0.3, 0.4) is 0 Å². The molecule has 0 heterocycles. The van der Waals surface area contributed by atoms with Crippen molar-refractivity contribution in [2.24, 2.45) is 0 Å². The largest absolute Gasteiger partial charge is 0.494 e. The van der Waals surface area contributed by atoms with Gasteiger partial charge in [0.25, 0.3) is 0 Å². The van der Waals surface area contributed by atoms with E-state index in [0.29, 0.717) is 0 Å². The average Bonchev–Trinajstić information content (AvgIpc) is 2.47. The van der Waals surface area contributed by atoms with Crippen molar-refractivity contribution in [1.82, 2.24) is 0 Å². The maximum absolute atomic E-state index is 5.66. The third-order valence-corrected chi connectivity index (χ3v) is 3.46. The van der Waals surface area contributed by atoms with Crippen molar-refractivity contribution >= 4 is 5.69 Å². The molecule has 0 atom stereocenters. The molecule has 0 saturated heterocycles. The highest BCUT2D eigenvalue weighted by Gasteiger charge is 2.01. The zero-order valence-corrected chi connectivity index (χ0v) is 12.6. The fourth-order valence-electron chi connectivity index (χ4n) is 2.11. The molecule has 0 amide bonds. The Hall–Kier alpha value is -1.96. The van der Waals surface area contributed by atoms with Gasteiger partial charge in [-0.3, -0.25) is 0 Å². The van der Waals surface area contributed by atoms with Crippen LogP contribution in [0.4, 0.5) is 5.69 Å². The van der Waals surface area contributed by atoms with Crippen LogP contribution in [0, 0.1) is 13.8 Å². The van der Waals surface area contributed by atoms with Crippen molar-refractivity contribution in [2.75, 3.05) is 11.9 Å². The van der Waals surface area contributed by atoms with Gasteiger partial charge in [-0.25, -0.2) is 0 Å². The van der Waals surface area contributed by atoms with E-state index in [1.807, 2.05) is 12.1 Å².